The van der Waals surface area contributed by atoms with Gasteiger partial charge in [-0.1, -0.05) is 47.5 Å². The van der Waals surface area contributed by atoms with Crippen LogP contribution in [0.5, 0.6) is 0 Å². The van der Waals surface area contributed by atoms with Crippen molar-refractivity contribution in [3.8, 4) is 0 Å². The van der Waals surface area contributed by atoms with Crippen molar-refractivity contribution in [2.24, 2.45) is 5.73 Å². The monoisotopic (exact) mass is 351 g/mol. The number of esters is 1. The summed E-state index contributed by atoms with van der Waals surface area (Å²) < 4.78 is 4.74. The maximum absolute atomic E-state index is 11.5. The summed E-state index contributed by atoms with van der Waals surface area (Å²) in [5.74, 6) is -0.297. The van der Waals surface area contributed by atoms with Gasteiger partial charge in [0.15, 0.2) is 0 Å². The molecule has 122 valence electrons. The minimum absolute atomic E-state index is 0.0472. The highest BCUT2D eigenvalue weighted by molar-refractivity contribution is 6.30. The summed E-state index contributed by atoms with van der Waals surface area (Å²) in [5.41, 5.74) is 8.43. The molecule has 0 bridgehead atoms. The third kappa shape index (κ3) is 4.96. The summed E-state index contributed by atoms with van der Waals surface area (Å²) in [4.78, 5) is 11.5. The molecule has 0 radical (unpaired) electrons. The van der Waals surface area contributed by atoms with Crippen molar-refractivity contribution in [1.29, 1.82) is 0 Å². The number of rotatable bonds is 6. The number of carbonyl (C=O) groups excluding carboxylic acids is 1. The van der Waals surface area contributed by atoms with Gasteiger partial charge in [0.25, 0.3) is 0 Å². The molecule has 2 aromatic rings. The van der Waals surface area contributed by atoms with Gasteiger partial charge in [-0.3, -0.25) is 4.79 Å². The van der Waals surface area contributed by atoms with Gasteiger partial charge < -0.3 is 10.5 Å². The summed E-state index contributed by atoms with van der Waals surface area (Å²) in [7, 11) is 1.38. The Morgan fingerprint density at radius 3 is 2.39 bits per heavy atom. The minimum atomic E-state index is -0.268. The van der Waals surface area contributed by atoms with E-state index < -0.39 is 0 Å². The lowest BCUT2D eigenvalue weighted by Gasteiger charge is -2.25. The first-order valence-electron chi connectivity index (χ1n) is 7.34. The van der Waals surface area contributed by atoms with E-state index >= 15 is 0 Å². The van der Waals surface area contributed by atoms with Gasteiger partial charge in [-0.15, -0.1) is 0 Å². The molecule has 0 spiro atoms. The smallest absolute Gasteiger partial charge is 0.305 e. The molecule has 2 rings (SSSR count). The molecule has 0 fully saturated rings. The number of ether oxygens (including phenoxy) is 1. The molecule has 0 aromatic heterocycles. The van der Waals surface area contributed by atoms with E-state index in [9.17, 15) is 4.79 Å². The zero-order valence-electron chi connectivity index (χ0n) is 12.8. The number of hydrogen-bond donors (Lipinski definition) is 1. The van der Waals surface area contributed by atoms with Crippen molar-refractivity contribution in [3.63, 3.8) is 0 Å². The van der Waals surface area contributed by atoms with Crippen LogP contribution in [0.1, 0.15) is 35.9 Å². The summed E-state index contributed by atoms with van der Waals surface area (Å²) in [6, 6.07) is 14.7. The standard InChI is InChI=1S/C18H19Cl2NO2/c1-23-17(22)10-9-16(13-3-2-4-15(20)11-13)18(21)12-5-7-14(19)8-6-12/h2-8,11,16,18H,9-10,21H2,1H3/t16-,18+/m0/s1. The van der Waals surface area contributed by atoms with Gasteiger partial charge >= 0.3 is 5.97 Å². The molecule has 23 heavy (non-hydrogen) atoms. The first-order valence-corrected chi connectivity index (χ1v) is 8.10. The molecule has 0 saturated heterocycles. The van der Waals surface area contributed by atoms with Crippen LogP contribution in [-0.4, -0.2) is 13.1 Å². The van der Waals surface area contributed by atoms with Crippen molar-refractivity contribution in [1.82, 2.24) is 0 Å². The highest BCUT2D eigenvalue weighted by Crippen LogP contribution is 2.34. The third-order valence-corrected chi connectivity index (χ3v) is 4.34. The Morgan fingerprint density at radius 1 is 1.09 bits per heavy atom. The Kier molecular flexibility index (Phi) is 6.46. The molecule has 0 aliphatic rings. The lowest BCUT2D eigenvalue weighted by atomic mass is 9.84. The molecule has 2 N–H and O–H groups in total. The van der Waals surface area contributed by atoms with Gasteiger partial charge in [0.2, 0.25) is 0 Å². The van der Waals surface area contributed by atoms with E-state index in [1.54, 1.807) is 0 Å². The average Bonchev–Trinajstić information content (AvgIpc) is 2.55. The Morgan fingerprint density at radius 2 is 1.78 bits per heavy atom. The third-order valence-electron chi connectivity index (χ3n) is 3.85. The second-order valence-electron chi connectivity index (χ2n) is 5.35. The van der Waals surface area contributed by atoms with Crippen LogP contribution in [0.3, 0.4) is 0 Å². The highest BCUT2D eigenvalue weighted by Gasteiger charge is 2.23. The topological polar surface area (TPSA) is 52.3 Å². The quantitative estimate of drug-likeness (QED) is 0.765. The maximum atomic E-state index is 11.5. The first-order chi connectivity index (χ1) is 11.0. The molecule has 2 aromatic carbocycles. The van der Waals surface area contributed by atoms with Crippen molar-refractivity contribution < 1.29 is 9.53 Å². The van der Waals surface area contributed by atoms with Crippen LogP contribution in [-0.2, 0) is 9.53 Å². The predicted molar refractivity (Wildman–Crippen MR) is 93.8 cm³/mol. The van der Waals surface area contributed by atoms with Gasteiger partial charge in [-0.25, -0.2) is 0 Å². The molecule has 0 unspecified atom stereocenters. The molecule has 2 atom stereocenters. The van der Waals surface area contributed by atoms with E-state index in [4.69, 9.17) is 33.7 Å². The van der Waals surface area contributed by atoms with E-state index in [2.05, 4.69) is 0 Å². The predicted octanol–water partition coefficient (Wildman–Crippen LogP) is 4.73. The Bertz CT molecular complexity index is 658. The molecular formula is C18H19Cl2NO2. The number of hydrogen-bond acceptors (Lipinski definition) is 3. The summed E-state index contributed by atoms with van der Waals surface area (Å²) in [6.45, 7) is 0. The molecule has 0 amide bonds. The van der Waals surface area contributed by atoms with Crippen molar-refractivity contribution >= 4 is 29.2 Å². The zero-order valence-corrected chi connectivity index (χ0v) is 14.3. The Balaban J connectivity index is 2.28. The van der Waals surface area contributed by atoms with E-state index in [1.165, 1.54) is 7.11 Å². The van der Waals surface area contributed by atoms with Gasteiger partial charge in [0.1, 0.15) is 0 Å². The van der Waals surface area contributed by atoms with Gasteiger partial charge in [-0.2, -0.15) is 0 Å². The second kappa shape index (κ2) is 8.34. The number of methoxy groups -OCH3 is 1. The number of halogens is 2. The fourth-order valence-electron chi connectivity index (χ4n) is 2.58. The highest BCUT2D eigenvalue weighted by atomic mass is 35.5. The molecule has 0 saturated carbocycles. The maximum Gasteiger partial charge on any atom is 0.305 e. The van der Waals surface area contributed by atoms with E-state index in [-0.39, 0.29) is 17.9 Å². The normalized spacial score (nSPS) is 13.4. The van der Waals surface area contributed by atoms with Crippen LogP contribution >= 0.6 is 23.2 Å². The second-order valence-corrected chi connectivity index (χ2v) is 6.23. The molecule has 0 aliphatic carbocycles. The van der Waals surface area contributed by atoms with Crippen LogP contribution in [0.25, 0.3) is 0 Å². The molecule has 5 heteroatoms. The van der Waals surface area contributed by atoms with Crippen LogP contribution < -0.4 is 5.73 Å². The summed E-state index contributed by atoms with van der Waals surface area (Å²) >= 11 is 12.0. The SMILES string of the molecule is COC(=O)CC[C@@H](c1cccc(Cl)c1)[C@H](N)c1ccc(Cl)cc1. The molecule has 3 nitrogen and oxygen atoms in total. The van der Waals surface area contributed by atoms with E-state index in [0.717, 1.165) is 11.1 Å². The number of carbonyl (C=O) groups is 1. The van der Waals surface area contributed by atoms with Crippen LogP contribution in [0.15, 0.2) is 48.5 Å². The largest absolute Gasteiger partial charge is 0.469 e. The molecule has 0 aliphatic heterocycles. The van der Waals surface area contributed by atoms with Crippen LogP contribution in [0.2, 0.25) is 10.0 Å². The lowest BCUT2D eigenvalue weighted by molar-refractivity contribution is -0.140. The Labute approximate surface area is 146 Å². The molecular weight excluding hydrogens is 333 g/mol. The van der Waals surface area contributed by atoms with E-state index in [1.807, 2.05) is 48.5 Å². The lowest BCUT2D eigenvalue weighted by Crippen LogP contribution is -2.21. The van der Waals surface area contributed by atoms with Gasteiger partial charge in [0.05, 0.1) is 7.11 Å². The number of nitrogens with two attached hydrogens (primary N) is 1. The van der Waals surface area contributed by atoms with Crippen molar-refractivity contribution in [2.75, 3.05) is 7.11 Å². The van der Waals surface area contributed by atoms with Crippen LogP contribution in [0, 0.1) is 0 Å². The van der Waals surface area contributed by atoms with Gasteiger partial charge in [-0.05, 0) is 41.8 Å². The Hall–Kier alpha value is -1.55. The molecule has 0 heterocycles. The zero-order chi connectivity index (χ0) is 16.8. The van der Waals surface area contributed by atoms with Crippen molar-refractivity contribution in [2.45, 2.75) is 24.8 Å². The first kappa shape index (κ1) is 17.8. The summed E-state index contributed by atoms with van der Waals surface area (Å²) in [6.07, 6.45) is 0.881. The van der Waals surface area contributed by atoms with Crippen molar-refractivity contribution in [3.05, 3.63) is 69.7 Å². The van der Waals surface area contributed by atoms with Crippen LogP contribution in [0.4, 0.5) is 0 Å². The summed E-state index contributed by atoms with van der Waals surface area (Å²) in [5, 5.41) is 1.31. The fourth-order valence-corrected chi connectivity index (χ4v) is 2.91. The number of benzene rings is 2. The fraction of sp³-hybridized carbons (Fsp3) is 0.278. The van der Waals surface area contributed by atoms with E-state index in [0.29, 0.717) is 22.9 Å². The minimum Gasteiger partial charge on any atom is -0.469 e. The average molecular weight is 352 g/mol. The van der Waals surface area contributed by atoms with Gasteiger partial charge in [0, 0.05) is 28.4 Å².